The second-order valence-corrected chi connectivity index (χ2v) is 7.21. The molecule has 1 unspecified atom stereocenters. The number of ether oxygens (including phenoxy) is 2. The Kier molecular flexibility index (Phi) is 19.3. The van der Waals surface area contributed by atoms with Crippen LogP contribution in [0.5, 0.6) is 0 Å². The van der Waals surface area contributed by atoms with Crippen LogP contribution < -0.4 is 0 Å². The number of hydrogen-bond acceptors (Lipinski definition) is 3. The maximum absolute atomic E-state index is 11.9. The third-order valence-corrected chi connectivity index (χ3v) is 4.85. The van der Waals surface area contributed by atoms with Gasteiger partial charge in [0, 0.05) is 6.61 Å². The van der Waals surface area contributed by atoms with E-state index in [0.717, 1.165) is 38.7 Å². The van der Waals surface area contributed by atoms with Crippen molar-refractivity contribution in [1.82, 2.24) is 0 Å². The molecule has 150 valence electrons. The van der Waals surface area contributed by atoms with E-state index in [4.69, 9.17) is 9.47 Å². The van der Waals surface area contributed by atoms with Crippen molar-refractivity contribution in [3.8, 4) is 0 Å². The zero-order chi connectivity index (χ0) is 18.6. The molecule has 0 heterocycles. The van der Waals surface area contributed by atoms with Gasteiger partial charge in [-0.15, -0.1) is 0 Å². The summed E-state index contributed by atoms with van der Waals surface area (Å²) in [4.78, 5) is 11.9. The predicted octanol–water partition coefficient (Wildman–Crippen LogP) is 6.68. The molecular formula is C22H44O3. The lowest BCUT2D eigenvalue weighted by molar-refractivity contribution is -0.150. The van der Waals surface area contributed by atoms with E-state index < -0.39 is 0 Å². The van der Waals surface area contributed by atoms with Crippen molar-refractivity contribution in [2.75, 3.05) is 19.8 Å². The topological polar surface area (TPSA) is 35.5 Å². The Morgan fingerprint density at radius 3 is 1.80 bits per heavy atom. The summed E-state index contributed by atoms with van der Waals surface area (Å²) in [7, 11) is 0. The molecule has 0 saturated carbocycles. The molecule has 25 heavy (non-hydrogen) atoms. The molecule has 0 aliphatic heterocycles. The Morgan fingerprint density at radius 1 is 0.680 bits per heavy atom. The molecule has 0 radical (unpaired) electrons. The van der Waals surface area contributed by atoms with Crippen LogP contribution in [0.15, 0.2) is 0 Å². The molecule has 0 aliphatic carbocycles. The molecule has 3 heteroatoms. The van der Waals surface area contributed by atoms with Gasteiger partial charge in [-0.2, -0.15) is 0 Å². The third kappa shape index (κ3) is 16.6. The summed E-state index contributed by atoms with van der Waals surface area (Å²) >= 11 is 0. The number of hydrogen-bond donors (Lipinski definition) is 0. The lowest BCUT2D eigenvalue weighted by Gasteiger charge is -2.13. The Balaban J connectivity index is 3.29. The molecule has 0 saturated heterocycles. The molecule has 3 nitrogen and oxygen atoms in total. The summed E-state index contributed by atoms with van der Waals surface area (Å²) in [6.45, 7) is 8.21. The van der Waals surface area contributed by atoms with Crippen molar-refractivity contribution in [1.29, 1.82) is 0 Å². The van der Waals surface area contributed by atoms with Gasteiger partial charge in [-0.1, -0.05) is 91.4 Å². The Hall–Kier alpha value is -0.570. The number of unbranched alkanes of at least 4 members (excludes halogenated alkanes) is 10. The van der Waals surface area contributed by atoms with Crippen LogP contribution >= 0.6 is 0 Å². The zero-order valence-electron chi connectivity index (χ0n) is 17.3. The lowest BCUT2D eigenvalue weighted by Crippen LogP contribution is -2.19. The molecule has 0 amide bonds. The van der Waals surface area contributed by atoms with E-state index in [-0.39, 0.29) is 11.9 Å². The third-order valence-electron chi connectivity index (χ3n) is 4.85. The first-order chi connectivity index (χ1) is 12.3. The Labute approximate surface area is 157 Å². The highest BCUT2D eigenvalue weighted by atomic mass is 16.6. The highest BCUT2D eigenvalue weighted by Gasteiger charge is 2.16. The van der Waals surface area contributed by atoms with Gasteiger partial charge in [-0.05, 0) is 19.3 Å². The van der Waals surface area contributed by atoms with E-state index in [0.29, 0.717) is 13.2 Å². The SMILES string of the molecule is CCCCCCCCCCCCOCCOC(=O)C(CC)CCCC. The van der Waals surface area contributed by atoms with E-state index >= 15 is 0 Å². The minimum absolute atomic E-state index is 0.0431. The molecule has 0 N–H and O–H groups in total. The fourth-order valence-corrected chi connectivity index (χ4v) is 3.05. The van der Waals surface area contributed by atoms with Crippen LogP contribution in [-0.2, 0) is 14.3 Å². The van der Waals surface area contributed by atoms with E-state index in [9.17, 15) is 4.79 Å². The van der Waals surface area contributed by atoms with Gasteiger partial charge in [0.05, 0.1) is 12.5 Å². The van der Waals surface area contributed by atoms with Gasteiger partial charge in [0.2, 0.25) is 0 Å². The van der Waals surface area contributed by atoms with Crippen LogP contribution in [0.3, 0.4) is 0 Å². The molecule has 0 spiro atoms. The molecule has 0 fully saturated rings. The molecule has 0 aromatic rings. The van der Waals surface area contributed by atoms with Crippen LogP contribution in [0.25, 0.3) is 0 Å². The van der Waals surface area contributed by atoms with Gasteiger partial charge in [0.15, 0.2) is 0 Å². The number of esters is 1. The van der Waals surface area contributed by atoms with E-state index in [1.807, 2.05) is 0 Å². The number of rotatable bonds is 19. The number of carbonyl (C=O) groups is 1. The largest absolute Gasteiger partial charge is 0.463 e. The number of carbonyl (C=O) groups excluding carboxylic acids is 1. The minimum atomic E-state index is -0.0431. The van der Waals surface area contributed by atoms with Crippen molar-refractivity contribution in [2.24, 2.45) is 5.92 Å². The Morgan fingerprint density at radius 2 is 1.24 bits per heavy atom. The quantitative estimate of drug-likeness (QED) is 0.191. The smallest absolute Gasteiger partial charge is 0.308 e. The summed E-state index contributed by atoms with van der Waals surface area (Å²) in [6, 6.07) is 0. The van der Waals surface area contributed by atoms with Gasteiger partial charge in [-0.25, -0.2) is 0 Å². The van der Waals surface area contributed by atoms with Crippen LogP contribution in [0.4, 0.5) is 0 Å². The summed E-state index contributed by atoms with van der Waals surface area (Å²) in [5.41, 5.74) is 0. The van der Waals surface area contributed by atoms with Crippen molar-refractivity contribution in [3.05, 3.63) is 0 Å². The second kappa shape index (κ2) is 19.8. The second-order valence-electron chi connectivity index (χ2n) is 7.21. The summed E-state index contributed by atoms with van der Waals surface area (Å²) in [5, 5.41) is 0. The van der Waals surface area contributed by atoms with Gasteiger partial charge in [-0.3, -0.25) is 4.79 Å². The van der Waals surface area contributed by atoms with Crippen LogP contribution in [-0.4, -0.2) is 25.8 Å². The monoisotopic (exact) mass is 356 g/mol. The normalized spacial score (nSPS) is 12.3. The van der Waals surface area contributed by atoms with Gasteiger partial charge in [0.1, 0.15) is 6.61 Å². The fraction of sp³-hybridized carbons (Fsp3) is 0.955. The van der Waals surface area contributed by atoms with Crippen molar-refractivity contribution < 1.29 is 14.3 Å². The van der Waals surface area contributed by atoms with E-state index in [1.54, 1.807) is 0 Å². The highest BCUT2D eigenvalue weighted by Crippen LogP contribution is 2.14. The fourth-order valence-electron chi connectivity index (χ4n) is 3.05. The van der Waals surface area contributed by atoms with Crippen LogP contribution in [0.1, 0.15) is 111 Å². The minimum Gasteiger partial charge on any atom is -0.463 e. The predicted molar refractivity (Wildman–Crippen MR) is 107 cm³/mol. The van der Waals surface area contributed by atoms with Gasteiger partial charge < -0.3 is 9.47 Å². The van der Waals surface area contributed by atoms with Crippen LogP contribution in [0.2, 0.25) is 0 Å². The Bertz CT molecular complexity index is 278. The summed E-state index contributed by atoms with van der Waals surface area (Å²) < 4.78 is 10.9. The average molecular weight is 357 g/mol. The summed E-state index contributed by atoms with van der Waals surface area (Å²) in [5.74, 6) is 0.0282. The molecule has 1 atom stereocenters. The first-order valence-electron chi connectivity index (χ1n) is 11.0. The molecular weight excluding hydrogens is 312 g/mol. The van der Waals surface area contributed by atoms with E-state index in [1.165, 1.54) is 57.8 Å². The van der Waals surface area contributed by atoms with Crippen molar-refractivity contribution in [2.45, 2.75) is 111 Å². The lowest BCUT2D eigenvalue weighted by atomic mass is 10.00. The van der Waals surface area contributed by atoms with Gasteiger partial charge >= 0.3 is 5.97 Å². The standard InChI is InChI=1S/C22H44O3/c1-4-7-9-10-11-12-13-14-15-16-18-24-19-20-25-22(23)21(6-3)17-8-5-2/h21H,4-20H2,1-3H3. The molecule has 0 aromatic carbocycles. The molecule has 0 aromatic heterocycles. The maximum atomic E-state index is 11.9. The zero-order valence-corrected chi connectivity index (χ0v) is 17.3. The van der Waals surface area contributed by atoms with E-state index in [2.05, 4.69) is 20.8 Å². The maximum Gasteiger partial charge on any atom is 0.308 e. The van der Waals surface area contributed by atoms with Crippen molar-refractivity contribution in [3.63, 3.8) is 0 Å². The first-order valence-corrected chi connectivity index (χ1v) is 11.0. The van der Waals surface area contributed by atoms with Crippen LogP contribution in [0, 0.1) is 5.92 Å². The summed E-state index contributed by atoms with van der Waals surface area (Å²) in [6.07, 6.45) is 17.4. The first kappa shape index (κ1) is 24.4. The average Bonchev–Trinajstić information content (AvgIpc) is 2.62. The van der Waals surface area contributed by atoms with Crippen molar-refractivity contribution >= 4 is 5.97 Å². The molecule has 0 aliphatic rings. The molecule has 0 bridgehead atoms. The van der Waals surface area contributed by atoms with Gasteiger partial charge in [0.25, 0.3) is 0 Å². The molecule has 0 rings (SSSR count). The highest BCUT2D eigenvalue weighted by molar-refractivity contribution is 5.72.